The number of hydrogen-bond acceptors (Lipinski definition) is 5. The van der Waals surface area contributed by atoms with Crippen molar-refractivity contribution in [3.8, 4) is 0 Å². The van der Waals surface area contributed by atoms with Gasteiger partial charge >= 0.3 is 0 Å². The summed E-state index contributed by atoms with van der Waals surface area (Å²) in [5.41, 5.74) is 6.11. The third-order valence-corrected chi connectivity index (χ3v) is 3.17. The second-order valence-electron chi connectivity index (χ2n) is 4.87. The molecule has 0 saturated heterocycles. The Labute approximate surface area is 119 Å². The fraction of sp³-hybridized carbons (Fsp3) is 0.333. The van der Waals surface area contributed by atoms with Crippen molar-refractivity contribution in [1.29, 1.82) is 0 Å². The summed E-state index contributed by atoms with van der Waals surface area (Å²) in [5, 5.41) is 3.30. The van der Waals surface area contributed by atoms with Crippen LogP contribution in [0.1, 0.15) is 30.3 Å². The summed E-state index contributed by atoms with van der Waals surface area (Å²) in [6.45, 7) is 6.29. The molecule has 0 radical (unpaired) electrons. The van der Waals surface area contributed by atoms with Crippen LogP contribution in [0, 0.1) is 13.8 Å². The Morgan fingerprint density at radius 1 is 1.05 bits per heavy atom. The molecular formula is C15H21N5. The molecule has 2 aromatic rings. The van der Waals surface area contributed by atoms with Crippen molar-refractivity contribution in [2.75, 3.05) is 10.7 Å². The first-order valence-corrected chi connectivity index (χ1v) is 6.81. The molecule has 4 N–H and O–H groups in total. The lowest BCUT2D eigenvalue weighted by molar-refractivity contribution is 0.837. The maximum Gasteiger partial charge on any atom is 0.145 e. The summed E-state index contributed by atoms with van der Waals surface area (Å²) in [4.78, 5) is 8.83. The molecule has 0 atom stereocenters. The van der Waals surface area contributed by atoms with Gasteiger partial charge in [-0.05, 0) is 43.5 Å². The molecule has 0 amide bonds. The lowest BCUT2D eigenvalue weighted by atomic mass is 10.1. The molecule has 106 valence electrons. The Morgan fingerprint density at radius 3 is 2.45 bits per heavy atom. The fourth-order valence-corrected chi connectivity index (χ4v) is 1.94. The number of nitrogens with two attached hydrogens (primary N) is 1. The average Bonchev–Trinajstić information content (AvgIpc) is 2.43. The standard InChI is InChI=1S/C15H21N5/c1-4-5-13-18-14(9-15(19-13)20-16)17-12-7-6-10(2)11(3)8-12/h6-9H,4-5,16H2,1-3H3,(H2,17,18,19,20). The zero-order chi connectivity index (χ0) is 14.5. The van der Waals surface area contributed by atoms with Crippen molar-refractivity contribution < 1.29 is 0 Å². The quantitative estimate of drug-likeness (QED) is 0.575. The van der Waals surface area contributed by atoms with Gasteiger partial charge in [-0.15, -0.1) is 0 Å². The molecule has 20 heavy (non-hydrogen) atoms. The minimum atomic E-state index is 0.620. The summed E-state index contributed by atoms with van der Waals surface area (Å²) < 4.78 is 0. The third kappa shape index (κ3) is 3.45. The minimum absolute atomic E-state index is 0.620. The molecule has 5 nitrogen and oxygen atoms in total. The number of hydrogen-bond donors (Lipinski definition) is 3. The van der Waals surface area contributed by atoms with Crippen LogP contribution in [0.4, 0.5) is 17.3 Å². The highest BCUT2D eigenvalue weighted by atomic mass is 15.3. The lowest BCUT2D eigenvalue weighted by Crippen LogP contribution is -2.11. The van der Waals surface area contributed by atoms with Crippen molar-refractivity contribution in [2.24, 2.45) is 5.84 Å². The van der Waals surface area contributed by atoms with E-state index in [2.05, 4.69) is 53.6 Å². The Morgan fingerprint density at radius 2 is 1.80 bits per heavy atom. The second kappa shape index (κ2) is 6.34. The van der Waals surface area contributed by atoms with Crippen molar-refractivity contribution in [3.05, 3.63) is 41.2 Å². The monoisotopic (exact) mass is 271 g/mol. The van der Waals surface area contributed by atoms with Gasteiger partial charge in [0.25, 0.3) is 0 Å². The molecule has 0 aliphatic rings. The largest absolute Gasteiger partial charge is 0.340 e. The first-order valence-electron chi connectivity index (χ1n) is 6.81. The first kappa shape index (κ1) is 14.3. The fourth-order valence-electron chi connectivity index (χ4n) is 1.94. The highest BCUT2D eigenvalue weighted by molar-refractivity contribution is 5.60. The molecule has 2 rings (SSSR count). The maximum absolute atomic E-state index is 5.45. The number of anilines is 3. The molecule has 1 aromatic carbocycles. The van der Waals surface area contributed by atoms with Gasteiger partial charge < -0.3 is 10.7 Å². The molecule has 0 aliphatic carbocycles. The van der Waals surface area contributed by atoms with E-state index in [0.717, 1.165) is 30.2 Å². The minimum Gasteiger partial charge on any atom is -0.340 e. The predicted molar refractivity (Wildman–Crippen MR) is 83.0 cm³/mol. The predicted octanol–water partition coefficient (Wildman–Crippen LogP) is 3.08. The summed E-state index contributed by atoms with van der Waals surface area (Å²) >= 11 is 0. The first-order chi connectivity index (χ1) is 9.62. The molecule has 0 unspecified atom stereocenters. The van der Waals surface area contributed by atoms with Gasteiger partial charge in [-0.1, -0.05) is 13.0 Å². The maximum atomic E-state index is 5.45. The van der Waals surface area contributed by atoms with Crippen molar-refractivity contribution in [2.45, 2.75) is 33.6 Å². The number of benzene rings is 1. The zero-order valence-corrected chi connectivity index (χ0v) is 12.2. The van der Waals surface area contributed by atoms with Crippen LogP contribution in [0.25, 0.3) is 0 Å². The van der Waals surface area contributed by atoms with Crippen LogP contribution in [-0.2, 0) is 6.42 Å². The second-order valence-corrected chi connectivity index (χ2v) is 4.87. The van der Waals surface area contributed by atoms with E-state index in [1.165, 1.54) is 11.1 Å². The van der Waals surface area contributed by atoms with Crippen LogP contribution in [0.2, 0.25) is 0 Å². The van der Waals surface area contributed by atoms with E-state index in [4.69, 9.17) is 5.84 Å². The number of nitrogens with zero attached hydrogens (tertiary/aromatic N) is 2. The number of hydrazine groups is 1. The molecular weight excluding hydrogens is 250 g/mol. The summed E-state index contributed by atoms with van der Waals surface area (Å²) in [6, 6.07) is 8.04. The van der Waals surface area contributed by atoms with E-state index in [0.29, 0.717) is 5.82 Å². The molecule has 5 heteroatoms. The van der Waals surface area contributed by atoms with Crippen LogP contribution in [0.5, 0.6) is 0 Å². The van der Waals surface area contributed by atoms with E-state index in [1.54, 1.807) is 6.07 Å². The number of aryl methyl sites for hydroxylation is 3. The molecule has 1 aromatic heterocycles. The molecule has 0 bridgehead atoms. The average molecular weight is 271 g/mol. The van der Waals surface area contributed by atoms with Gasteiger partial charge in [0.05, 0.1) is 0 Å². The number of nitrogens with one attached hydrogen (secondary N) is 2. The van der Waals surface area contributed by atoms with Gasteiger partial charge in [0.1, 0.15) is 17.5 Å². The van der Waals surface area contributed by atoms with Gasteiger partial charge in [-0.2, -0.15) is 0 Å². The van der Waals surface area contributed by atoms with Crippen LogP contribution in [0.15, 0.2) is 24.3 Å². The highest BCUT2D eigenvalue weighted by Gasteiger charge is 2.04. The van der Waals surface area contributed by atoms with Crippen molar-refractivity contribution >= 4 is 17.3 Å². The Balaban J connectivity index is 2.27. The smallest absolute Gasteiger partial charge is 0.145 e. The van der Waals surface area contributed by atoms with E-state index in [9.17, 15) is 0 Å². The number of aromatic nitrogens is 2. The number of rotatable bonds is 5. The van der Waals surface area contributed by atoms with E-state index in [1.807, 2.05) is 6.07 Å². The Bertz CT molecular complexity index is 595. The summed E-state index contributed by atoms with van der Waals surface area (Å²) in [5.74, 6) is 7.61. The lowest BCUT2D eigenvalue weighted by Gasteiger charge is -2.10. The number of nitrogen functional groups attached to an aromatic ring is 1. The van der Waals surface area contributed by atoms with Gasteiger partial charge in [0.15, 0.2) is 0 Å². The normalized spacial score (nSPS) is 10.4. The van der Waals surface area contributed by atoms with Gasteiger partial charge in [0, 0.05) is 18.2 Å². The van der Waals surface area contributed by atoms with Crippen LogP contribution < -0.4 is 16.6 Å². The topological polar surface area (TPSA) is 75.9 Å². The summed E-state index contributed by atoms with van der Waals surface area (Å²) in [6.07, 6.45) is 1.83. The Kier molecular flexibility index (Phi) is 4.53. The molecule has 0 fully saturated rings. The highest BCUT2D eigenvalue weighted by Crippen LogP contribution is 2.20. The zero-order valence-electron chi connectivity index (χ0n) is 12.2. The van der Waals surface area contributed by atoms with Gasteiger partial charge in [-0.25, -0.2) is 15.8 Å². The van der Waals surface area contributed by atoms with Gasteiger partial charge in [0.2, 0.25) is 0 Å². The molecule has 0 aliphatic heterocycles. The van der Waals surface area contributed by atoms with Crippen molar-refractivity contribution in [1.82, 2.24) is 9.97 Å². The SMILES string of the molecule is CCCc1nc(NN)cc(Nc2ccc(C)c(C)c2)n1. The summed E-state index contributed by atoms with van der Waals surface area (Å²) in [7, 11) is 0. The Hall–Kier alpha value is -2.14. The van der Waals surface area contributed by atoms with E-state index >= 15 is 0 Å². The van der Waals surface area contributed by atoms with Crippen LogP contribution in [-0.4, -0.2) is 9.97 Å². The van der Waals surface area contributed by atoms with Crippen LogP contribution in [0.3, 0.4) is 0 Å². The molecule has 1 heterocycles. The van der Waals surface area contributed by atoms with E-state index in [-0.39, 0.29) is 0 Å². The van der Waals surface area contributed by atoms with Gasteiger partial charge in [-0.3, -0.25) is 0 Å². The molecule has 0 saturated carbocycles. The third-order valence-electron chi connectivity index (χ3n) is 3.17. The van der Waals surface area contributed by atoms with Crippen LogP contribution >= 0.6 is 0 Å². The van der Waals surface area contributed by atoms with Crippen molar-refractivity contribution in [3.63, 3.8) is 0 Å². The van der Waals surface area contributed by atoms with E-state index < -0.39 is 0 Å². The molecule has 0 spiro atoms.